The molecule has 1 aromatic carbocycles. The Labute approximate surface area is 200 Å². The topological polar surface area (TPSA) is 121 Å². The Bertz CT molecular complexity index is 1310. The van der Waals surface area contributed by atoms with Gasteiger partial charge in [0.2, 0.25) is 5.95 Å². The zero-order chi connectivity index (χ0) is 23.7. The molecular formula is C23H24ClN7O3. The average molecular weight is 482 g/mol. The van der Waals surface area contributed by atoms with Crippen molar-refractivity contribution in [3.05, 3.63) is 65.6 Å². The summed E-state index contributed by atoms with van der Waals surface area (Å²) in [5.41, 5.74) is 3.10. The van der Waals surface area contributed by atoms with E-state index < -0.39 is 5.97 Å². The van der Waals surface area contributed by atoms with Gasteiger partial charge in [-0.25, -0.2) is 4.52 Å². The number of rotatable bonds is 7. The molecule has 0 amide bonds. The number of piperidine rings is 1. The largest absolute Gasteiger partial charge is 0.480 e. The van der Waals surface area contributed by atoms with Gasteiger partial charge >= 0.3 is 5.97 Å². The van der Waals surface area contributed by atoms with Crippen LogP contribution in [0.1, 0.15) is 18.4 Å². The molecule has 5 rings (SSSR count). The molecule has 0 saturated carbocycles. The van der Waals surface area contributed by atoms with Crippen LogP contribution in [0.3, 0.4) is 0 Å². The van der Waals surface area contributed by atoms with Crippen molar-refractivity contribution in [2.45, 2.75) is 24.8 Å². The SMILES string of the molecule is O=C(O)Cn1cc(Nc2nc3c(N4CCC(CO)(c5ccc(Cl)cc5)CC4)cccn3n2)cn1. The number of hydrogen-bond donors (Lipinski definition) is 3. The van der Waals surface area contributed by atoms with Crippen LogP contribution >= 0.6 is 11.6 Å². The lowest BCUT2D eigenvalue weighted by Gasteiger charge is -2.42. The number of aliphatic carboxylic acids is 1. The molecule has 11 heteroatoms. The summed E-state index contributed by atoms with van der Waals surface area (Å²) in [5.74, 6) is -0.571. The molecule has 0 radical (unpaired) electrons. The molecule has 1 fully saturated rings. The van der Waals surface area contributed by atoms with Gasteiger partial charge in [0, 0.05) is 35.9 Å². The predicted molar refractivity (Wildman–Crippen MR) is 128 cm³/mol. The van der Waals surface area contributed by atoms with E-state index in [2.05, 4.69) is 25.4 Å². The number of nitrogens with one attached hydrogen (secondary N) is 1. The normalized spacial score (nSPS) is 15.5. The minimum absolute atomic E-state index is 0.0846. The maximum atomic E-state index is 10.9. The summed E-state index contributed by atoms with van der Waals surface area (Å²) >= 11 is 6.05. The Hall–Kier alpha value is -3.63. The molecule has 10 nitrogen and oxygen atoms in total. The van der Waals surface area contributed by atoms with Crippen molar-refractivity contribution in [1.29, 1.82) is 0 Å². The zero-order valence-corrected chi connectivity index (χ0v) is 19.1. The summed E-state index contributed by atoms with van der Waals surface area (Å²) < 4.78 is 3.04. The maximum Gasteiger partial charge on any atom is 0.325 e. The number of aliphatic hydroxyl groups is 1. The van der Waals surface area contributed by atoms with Crippen LogP contribution in [0.4, 0.5) is 17.3 Å². The van der Waals surface area contributed by atoms with Gasteiger partial charge in [-0.1, -0.05) is 23.7 Å². The first-order valence-corrected chi connectivity index (χ1v) is 11.3. The Balaban J connectivity index is 1.34. The fourth-order valence-electron chi connectivity index (χ4n) is 4.49. The molecular weight excluding hydrogens is 458 g/mol. The van der Waals surface area contributed by atoms with Crippen molar-refractivity contribution >= 4 is 40.5 Å². The van der Waals surface area contributed by atoms with E-state index in [1.165, 1.54) is 10.9 Å². The Morgan fingerprint density at radius 3 is 2.65 bits per heavy atom. The van der Waals surface area contributed by atoms with Crippen LogP contribution in [0, 0.1) is 0 Å². The molecule has 0 bridgehead atoms. The smallest absolute Gasteiger partial charge is 0.325 e. The number of nitrogens with zero attached hydrogens (tertiary/aromatic N) is 6. The fourth-order valence-corrected chi connectivity index (χ4v) is 4.62. The predicted octanol–water partition coefficient (Wildman–Crippen LogP) is 2.94. The molecule has 0 aliphatic carbocycles. The Morgan fingerprint density at radius 2 is 1.94 bits per heavy atom. The maximum absolute atomic E-state index is 10.9. The summed E-state index contributed by atoms with van der Waals surface area (Å²) in [6.07, 6.45) is 6.56. The molecule has 176 valence electrons. The zero-order valence-electron chi connectivity index (χ0n) is 18.3. The van der Waals surface area contributed by atoms with Crippen LogP contribution in [0.5, 0.6) is 0 Å². The van der Waals surface area contributed by atoms with E-state index in [-0.39, 0.29) is 18.6 Å². The van der Waals surface area contributed by atoms with Crippen LogP contribution in [0.2, 0.25) is 5.02 Å². The van der Waals surface area contributed by atoms with Gasteiger partial charge in [0.25, 0.3) is 0 Å². The lowest BCUT2D eigenvalue weighted by molar-refractivity contribution is -0.137. The van der Waals surface area contributed by atoms with E-state index in [0.717, 1.165) is 37.2 Å². The third-order valence-corrected chi connectivity index (χ3v) is 6.60. The molecule has 0 spiro atoms. The molecule has 1 saturated heterocycles. The number of benzene rings is 1. The van der Waals surface area contributed by atoms with Crippen LogP contribution in [0.25, 0.3) is 5.65 Å². The Morgan fingerprint density at radius 1 is 1.18 bits per heavy atom. The fraction of sp³-hybridized carbons (Fsp3) is 0.304. The minimum atomic E-state index is -0.965. The second-order valence-corrected chi connectivity index (χ2v) is 8.91. The van der Waals surface area contributed by atoms with Crippen molar-refractivity contribution < 1.29 is 15.0 Å². The van der Waals surface area contributed by atoms with Gasteiger partial charge in [-0.05, 0) is 42.7 Å². The number of hydrogen-bond acceptors (Lipinski definition) is 7. The van der Waals surface area contributed by atoms with Crippen molar-refractivity contribution in [3.8, 4) is 0 Å². The molecule has 3 N–H and O–H groups in total. The highest BCUT2D eigenvalue weighted by atomic mass is 35.5. The average Bonchev–Trinajstić information content (AvgIpc) is 3.45. The first-order valence-electron chi connectivity index (χ1n) is 10.9. The molecule has 0 unspecified atom stereocenters. The van der Waals surface area contributed by atoms with E-state index in [9.17, 15) is 9.90 Å². The highest BCUT2D eigenvalue weighted by Gasteiger charge is 2.36. The van der Waals surface area contributed by atoms with Gasteiger partial charge in [0.15, 0.2) is 5.65 Å². The first kappa shape index (κ1) is 22.2. The molecule has 4 aromatic rings. The third-order valence-electron chi connectivity index (χ3n) is 6.35. The molecule has 4 heterocycles. The summed E-state index contributed by atoms with van der Waals surface area (Å²) in [4.78, 5) is 17.8. The van der Waals surface area contributed by atoms with E-state index >= 15 is 0 Å². The summed E-state index contributed by atoms with van der Waals surface area (Å²) in [5, 5.41) is 31.5. The standard InChI is InChI=1S/C23H24ClN7O3/c24-17-5-3-16(4-6-17)23(15-32)7-10-29(11-8-23)19-2-1-9-31-21(19)27-22(28-31)26-18-12-25-30(13-18)14-20(33)34/h1-6,9,12-13,32H,7-8,10-11,14-15H2,(H,26,28)(H,33,34). The van der Waals surface area contributed by atoms with Crippen molar-refractivity contribution in [2.24, 2.45) is 0 Å². The number of halogens is 1. The van der Waals surface area contributed by atoms with Gasteiger partial charge in [-0.15, -0.1) is 5.10 Å². The molecule has 1 aliphatic heterocycles. The molecule has 3 aromatic heterocycles. The number of carboxylic acids is 1. The summed E-state index contributed by atoms with van der Waals surface area (Å²) in [6, 6.07) is 11.7. The number of carboxylic acid groups (broad SMARTS) is 1. The van der Waals surface area contributed by atoms with Crippen molar-refractivity contribution in [3.63, 3.8) is 0 Å². The van der Waals surface area contributed by atoms with Crippen LogP contribution in [-0.2, 0) is 16.8 Å². The van der Waals surface area contributed by atoms with Gasteiger partial charge in [0.1, 0.15) is 6.54 Å². The van der Waals surface area contributed by atoms with Gasteiger partial charge in [-0.3, -0.25) is 9.48 Å². The number of fused-ring (bicyclic) bond motifs is 1. The van der Waals surface area contributed by atoms with E-state index in [1.54, 1.807) is 10.7 Å². The second kappa shape index (κ2) is 8.96. The molecule has 1 aliphatic rings. The van der Waals surface area contributed by atoms with Gasteiger partial charge < -0.3 is 20.4 Å². The highest BCUT2D eigenvalue weighted by Crippen LogP contribution is 2.37. The van der Waals surface area contributed by atoms with Crippen LogP contribution < -0.4 is 10.2 Å². The van der Waals surface area contributed by atoms with Crippen molar-refractivity contribution in [1.82, 2.24) is 24.4 Å². The number of anilines is 3. The number of aromatic nitrogens is 5. The minimum Gasteiger partial charge on any atom is -0.480 e. The Kier molecular flexibility index (Phi) is 5.84. The summed E-state index contributed by atoms with van der Waals surface area (Å²) in [6.45, 7) is 1.40. The highest BCUT2D eigenvalue weighted by molar-refractivity contribution is 6.30. The molecule has 0 atom stereocenters. The third kappa shape index (κ3) is 4.29. The second-order valence-electron chi connectivity index (χ2n) is 8.47. The van der Waals surface area contributed by atoms with Crippen LogP contribution in [0.15, 0.2) is 55.0 Å². The van der Waals surface area contributed by atoms with Gasteiger partial charge in [-0.2, -0.15) is 10.1 Å². The first-order chi connectivity index (χ1) is 16.5. The van der Waals surface area contributed by atoms with Crippen molar-refractivity contribution in [2.75, 3.05) is 29.9 Å². The van der Waals surface area contributed by atoms with E-state index in [1.807, 2.05) is 42.6 Å². The number of carbonyl (C=O) groups is 1. The monoisotopic (exact) mass is 481 g/mol. The quantitative estimate of drug-likeness (QED) is 0.368. The summed E-state index contributed by atoms with van der Waals surface area (Å²) in [7, 11) is 0. The molecule has 34 heavy (non-hydrogen) atoms. The van der Waals surface area contributed by atoms with Gasteiger partial charge in [0.05, 0.1) is 24.2 Å². The van der Waals surface area contributed by atoms with E-state index in [0.29, 0.717) is 22.3 Å². The lowest BCUT2D eigenvalue weighted by Crippen LogP contribution is -2.45. The number of pyridine rings is 1. The van der Waals surface area contributed by atoms with Crippen LogP contribution in [-0.4, -0.2) is 60.3 Å². The number of aliphatic hydroxyl groups excluding tert-OH is 1. The van der Waals surface area contributed by atoms with E-state index in [4.69, 9.17) is 16.7 Å². The lowest BCUT2D eigenvalue weighted by atomic mass is 9.73.